The van der Waals surface area contributed by atoms with Gasteiger partial charge < -0.3 is 14.8 Å². The van der Waals surface area contributed by atoms with Gasteiger partial charge in [-0.1, -0.05) is 78.1 Å². The standard InChI is InChI=1S/C19H39NO2.Li/c1-3-5-7-9-11-13-16-20(18-15-19(21)22)17-14-12-10-8-6-4-2;/h3-18H2,1-2H3,(H,21,22);/q;+1/p-1. The number of hydrogen-bond donors (Lipinski definition) is 0. The quantitative estimate of drug-likeness (QED) is 0.298. The Bertz CT molecular complexity index is 234. The van der Waals surface area contributed by atoms with Crippen molar-refractivity contribution >= 4 is 5.97 Å². The number of nitrogens with zero attached hydrogens (tertiary/aromatic N) is 1. The minimum atomic E-state index is -0.920. The van der Waals surface area contributed by atoms with Gasteiger partial charge in [0, 0.05) is 12.5 Å². The zero-order chi connectivity index (χ0) is 16.5. The van der Waals surface area contributed by atoms with Crippen molar-refractivity contribution in [2.24, 2.45) is 0 Å². The molecule has 0 radical (unpaired) electrons. The maximum absolute atomic E-state index is 10.7. The Labute approximate surface area is 156 Å². The number of carboxylic acid groups (broad SMARTS) is 1. The SMILES string of the molecule is CCCCCCCCN(CCCCCCCC)CCC(=O)[O-].[Li+]. The third-order valence-corrected chi connectivity index (χ3v) is 4.29. The second-order valence-electron chi connectivity index (χ2n) is 6.50. The van der Waals surface area contributed by atoms with Crippen molar-refractivity contribution in [2.75, 3.05) is 19.6 Å². The number of aliphatic carboxylic acids is 1. The van der Waals surface area contributed by atoms with Crippen molar-refractivity contribution in [1.29, 1.82) is 0 Å². The van der Waals surface area contributed by atoms with Crippen LogP contribution in [-0.2, 0) is 4.79 Å². The fourth-order valence-electron chi connectivity index (χ4n) is 2.82. The van der Waals surface area contributed by atoms with Crippen LogP contribution in [0.5, 0.6) is 0 Å². The van der Waals surface area contributed by atoms with Gasteiger partial charge >= 0.3 is 18.9 Å². The molecule has 0 saturated carbocycles. The molecule has 0 spiro atoms. The summed E-state index contributed by atoms with van der Waals surface area (Å²) in [4.78, 5) is 13.0. The van der Waals surface area contributed by atoms with Gasteiger partial charge in [0.1, 0.15) is 0 Å². The maximum atomic E-state index is 10.7. The van der Waals surface area contributed by atoms with Crippen LogP contribution in [0.4, 0.5) is 0 Å². The van der Waals surface area contributed by atoms with E-state index in [1.807, 2.05) is 0 Å². The molecule has 0 atom stereocenters. The zero-order valence-electron chi connectivity index (χ0n) is 16.1. The van der Waals surface area contributed by atoms with Crippen LogP contribution in [-0.4, -0.2) is 30.5 Å². The van der Waals surface area contributed by atoms with E-state index < -0.39 is 5.97 Å². The van der Waals surface area contributed by atoms with E-state index in [2.05, 4.69) is 18.7 Å². The molecule has 0 aliphatic carbocycles. The fourth-order valence-corrected chi connectivity index (χ4v) is 2.82. The smallest absolute Gasteiger partial charge is 0.550 e. The Morgan fingerprint density at radius 3 is 1.48 bits per heavy atom. The maximum Gasteiger partial charge on any atom is 1.00 e. The van der Waals surface area contributed by atoms with Crippen LogP contribution in [0, 0.1) is 0 Å². The van der Waals surface area contributed by atoms with E-state index >= 15 is 0 Å². The molecule has 0 unspecified atom stereocenters. The molecular weight excluding hydrogens is 281 g/mol. The Hall–Kier alpha value is 0.0274. The van der Waals surface area contributed by atoms with Crippen LogP contribution < -0.4 is 24.0 Å². The Kier molecular flexibility index (Phi) is 22.1. The molecule has 0 saturated heterocycles. The molecule has 4 heteroatoms. The first-order valence-electron chi connectivity index (χ1n) is 9.62. The Morgan fingerprint density at radius 2 is 1.09 bits per heavy atom. The monoisotopic (exact) mass is 319 g/mol. The Balaban J connectivity index is 0. The number of hydrogen-bond acceptors (Lipinski definition) is 3. The molecule has 0 aromatic carbocycles. The molecule has 0 bridgehead atoms. The van der Waals surface area contributed by atoms with E-state index in [0.717, 1.165) is 13.1 Å². The average molecular weight is 319 g/mol. The van der Waals surface area contributed by atoms with Crippen LogP contribution >= 0.6 is 0 Å². The summed E-state index contributed by atoms with van der Waals surface area (Å²) in [6.07, 6.45) is 15.7. The van der Waals surface area contributed by atoms with Crippen molar-refractivity contribution < 1.29 is 28.8 Å². The molecule has 132 valence electrons. The van der Waals surface area contributed by atoms with Gasteiger partial charge in [0.2, 0.25) is 0 Å². The summed E-state index contributed by atoms with van der Waals surface area (Å²) in [5, 5.41) is 10.7. The average Bonchev–Trinajstić information content (AvgIpc) is 2.50. The summed E-state index contributed by atoms with van der Waals surface area (Å²) < 4.78 is 0. The second kappa shape index (κ2) is 20.1. The molecule has 23 heavy (non-hydrogen) atoms. The minimum Gasteiger partial charge on any atom is -0.550 e. The second-order valence-corrected chi connectivity index (χ2v) is 6.50. The predicted octanol–water partition coefficient (Wildman–Crippen LogP) is 1.15. The van der Waals surface area contributed by atoms with Gasteiger partial charge in [-0.05, 0) is 32.4 Å². The topological polar surface area (TPSA) is 43.4 Å². The van der Waals surface area contributed by atoms with Gasteiger partial charge in [0.15, 0.2) is 0 Å². The van der Waals surface area contributed by atoms with Gasteiger partial charge in [-0.3, -0.25) is 0 Å². The predicted molar refractivity (Wildman–Crippen MR) is 92.8 cm³/mol. The summed E-state index contributed by atoms with van der Waals surface area (Å²) in [7, 11) is 0. The van der Waals surface area contributed by atoms with E-state index in [1.54, 1.807) is 0 Å². The first-order chi connectivity index (χ1) is 10.7. The molecule has 0 aliphatic rings. The van der Waals surface area contributed by atoms with Crippen LogP contribution in [0.25, 0.3) is 0 Å². The molecule has 0 N–H and O–H groups in total. The molecule has 0 fully saturated rings. The van der Waals surface area contributed by atoms with Crippen molar-refractivity contribution in [3.63, 3.8) is 0 Å². The number of carbonyl (C=O) groups excluding carboxylic acids is 1. The zero-order valence-corrected chi connectivity index (χ0v) is 16.1. The van der Waals surface area contributed by atoms with Crippen LogP contribution in [0.1, 0.15) is 97.3 Å². The van der Waals surface area contributed by atoms with Crippen molar-refractivity contribution in [1.82, 2.24) is 4.90 Å². The van der Waals surface area contributed by atoms with Gasteiger partial charge in [0.05, 0.1) is 0 Å². The van der Waals surface area contributed by atoms with E-state index in [4.69, 9.17) is 0 Å². The van der Waals surface area contributed by atoms with Gasteiger partial charge in [-0.2, -0.15) is 0 Å². The molecule has 3 nitrogen and oxygen atoms in total. The summed E-state index contributed by atoms with van der Waals surface area (Å²) in [6, 6.07) is 0. The molecule has 0 rings (SSSR count). The molecular formula is C19H38LiNO2. The van der Waals surface area contributed by atoms with E-state index in [0.29, 0.717) is 6.54 Å². The van der Waals surface area contributed by atoms with Crippen molar-refractivity contribution in [3.8, 4) is 0 Å². The van der Waals surface area contributed by atoms with Crippen LogP contribution in [0.15, 0.2) is 0 Å². The van der Waals surface area contributed by atoms with Crippen molar-refractivity contribution in [2.45, 2.75) is 97.3 Å². The number of rotatable bonds is 17. The first kappa shape index (κ1) is 25.3. The third-order valence-electron chi connectivity index (χ3n) is 4.29. The Morgan fingerprint density at radius 1 is 0.696 bits per heavy atom. The van der Waals surface area contributed by atoms with Crippen LogP contribution in [0.2, 0.25) is 0 Å². The van der Waals surface area contributed by atoms with E-state index in [9.17, 15) is 9.90 Å². The first-order valence-corrected chi connectivity index (χ1v) is 9.62. The third kappa shape index (κ3) is 20.0. The molecule has 0 aromatic rings. The number of unbranched alkanes of at least 4 members (excludes halogenated alkanes) is 10. The number of carbonyl (C=O) groups is 1. The number of carboxylic acids is 1. The van der Waals surface area contributed by atoms with Gasteiger partial charge in [-0.25, -0.2) is 0 Å². The van der Waals surface area contributed by atoms with Gasteiger partial charge in [-0.15, -0.1) is 0 Å². The minimum absolute atomic E-state index is 0. The van der Waals surface area contributed by atoms with Crippen molar-refractivity contribution in [3.05, 3.63) is 0 Å². The summed E-state index contributed by atoms with van der Waals surface area (Å²) in [6.45, 7) is 7.24. The molecule has 0 aromatic heterocycles. The molecule has 0 aliphatic heterocycles. The van der Waals surface area contributed by atoms with E-state index in [-0.39, 0.29) is 25.3 Å². The summed E-state index contributed by atoms with van der Waals surface area (Å²) >= 11 is 0. The van der Waals surface area contributed by atoms with Gasteiger partial charge in [0.25, 0.3) is 0 Å². The summed E-state index contributed by atoms with van der Waals surface area (Å²) in [5.74, 6) is -0.920. The van der Waals surface area contributed by atoms with E-state index in [1.165, 1.54) is 77.0 Å². The normalized spacial score (nSPS) is 10.7. The largest absolute Gasteiger partial charge is 1.00 e. The molecule has 0 amide bonds. The fraction of sp³-hybridized carbons (Fsp3) is 0.947. The summed E-state index contributed by atoms with van der Waals surface area (Å²) in [5.41, 5.74) is 0. The molecule has 0 heterocycles. The van der Waals surface area contributed by atoms with Crippen LogP contribution in [0.3, 0.4) is 0 Å².